The maximum Gasteiger partial charge on any atom is 0.227 e. The molecule has 0 spiro atoms. The highest BCUT2D eigenvalue weighted by molar-refractivity contribution is 6.74. The predicted octanol–water partition coefficient (Wildman–Crippen LogP) is 9.54. The monoisotopic (exact) mass is 698 g/mol. The van der Waals surface area contributed by atoms with E-state index in [0.717, 1.165) is 38.5 Å². The summed E-state index contributed by atoms with van der Waals surface area (Å²) in [6, 6.07) is -0.789. The first-order chi connectivity index (χ1) is 22.9. The van der Waals surface area contributed by atoms with Gasteiger partial charge in [-0.15, -0.1) is 0 Å². The molecule has 48 heavy (non-hydrogen) atoms. The smallest absolute Gasteiger partial charge is 0.227 e. The van der Waals surface area contributed by atoms with Crippen LogP contribution in [0.2, 0.25) is 18.1 Å². The zero-order valence-electron chi connectivity index (χ0n) is 32.3. The number of ketones is 1. The molecule has 0 aliphatic carbocycles. The van der Waals surface area contributed by atoms with E-state index in [2.05, 4.69) is 53.0 Å². The number of nitrogens with one attached hydrogen (secondary N) is 1. The van der Waals surface area contributed by atoms with Crippen LogP contribution in [0, 0.1) is 0 Å². The SMILES string of the molecule is C/C=C\O[C@H]1O[C@H](CO[Si](C)(C)C(C)(C)C)[C@@H](O)[C@H](OCCCCCCCCCC)[C@H]1NC(=O)CC(=O)CCCCCCCCCCC. The molecule has 0 aromatic heterocycles. The van der Waals surface area contributed by atoms with Crippen LogP contribution in [0.3, 0.4) is 0 Å². The highest BCUT2D eigenvalue weighted by Gasteiger charge is 2.49. The Kier molecular flexibility index (Phi) is 23.9. The van der Waals surface area contributed by atoms with Crippen LogP contribution in [0.5, 0.6) is 0 Å². The Morgan fingerprint density at radius 3 is 1.88 bits per heavy atom. The van der Waals surface area contributed by atoms with Gasteiger partial charge in [0.2, 0.25) is 12.2 Å². The Bertz CT molecular complexity index is 875. The van der Waals surface area contributed by atoms with Gasteiger partial charge in [0.1, 0.15) is 30.1 Å². The van der Waals surface area contributed by atoms with Crippen molar-refractivity contribution < 1.29 is 33.3 Å². The van der Waals surface area contributed by atoms with E-state index in [0.29, 0.717) is 13.0 Å². The molecule has 0 unspecified atom stereocenters. The third-order valence-electron chi connectivity index (χ3n) is 9.99. The van der Waals surface area contributed by atoms with E-state index in [1.54, 1.807) is 6.08 Å². The minimum Gasteiger partial charge on any atom is -0.471 e. The van der Waals surface area contributed by atoms with Crippen molar-refractivity contribution in [3.63, 3.8) is 0 Å². The predicted molar refractivity (Wildman–Crippen MR) is 199 cm³/mol. The van der Waals surface area contributed by atoms with Crippen LogP contribution in [-0.4, -0.2) is 69.0 Å². The summed E-state index contributed by atoms with van der Waals surface area (Å²) < 4.78 is 25.0. The molecule has 0 aromatic rings. The summed E-state index contributed by atoms with van der Waals surface area (Å²) in [6.07, 6.45) is 20.0. The fourth-order valence-electron chi connectivity index (χ4n) is 5.78. The summed E-state index contributed by atoms with van der Waals surface area (Å²) in [7, 11) is -2.12. The number of hydrogen-bond donors (Lipinski definition) is 2. The average Bonchev–Trinajstić information content (AvgIpc) is 3.02. The topological polar surface area (TPSA) is 103 Å². The average molecular weight is 698 g/mol. The molecule has 8 nitrogen and oxygen atoms in total. The molecule has 5 atom stereocenters. The number of ether oxygens (including phenoxy) is 3. The summed E-state index contributed by atoms with van der Waals surface area (Å²) in [4.78, 5) is 25.9. The normalized spacial score (nSPS) is 21.9. The number of carbonyl (C=O) groups excluding carboxylic acids is 2. The summed E-state index contributed by atoms with van der Waals surface area (Å²) in [6.45, 7) is 17.8. The van der Waals surface area contributed by atoms with E-state index in [4.69, 9.17) is 18.6 Å². The molecule has 1 heterocycles. The van der Waals surface area contributed by atoms with Crippen molar-refractivity contribution in [1.29, 1.82) is 0 Å². The molecule has 0 radical (unpaired) electrons. The molecule has 9 heteroatoms. The number of hydrogen-bond acceptors (Lipinski definition) is 7. The zero-order valence-corrected chi connectivity index (χ0v) is 33.3. The van der Waals surface area contributed by atoms with Crippen molar-refractivity contribution in [3.05, 3.63) is 12.3 Å². The second kappa shape index (κ2) is 25.7. The van der Waals surface area contributed by atoms with Crippen molar-refractivity contribution in [1.82, 2.24) is 5.32 Å². The fraction of sp³-hybridized carbons (Fsp3) is 0.897. The van der Waals surface area contributed by atoms with Crippen molar-refractivity contribution in [2.75, 3.05) is 13.2 Å². The lowest BCUT2D eigenvalue weighted by molar-refractivity contribution is -0.262. The molecule has 0 bridgehead atoms. The van der Waals surface area contributed by atoms with E-state index < -0.39 is 44.9 Å². The van der Waals surface area contributed by atoms with Gasteiger partial charge in [-0.05, 0) is 37.9 Å². The number of amides is 1. The van der Waals surface area contributed by atoms with Crippen LogP contribution >= 0.6 is 0 Å². The van der Waals surface area contributed by atoms with Crippen molar-refractivity contribution in [2.24, 2.45) is 0 Å². The molecule has 1 aliphatic heterocycles. The lowest BCUT2D eigenvalue weighted by atomic mass is 9.96. The van der Waals surface area contributed by atoms with Gasteiger partial charge in [0.15, 0.2) is 8.32 Å². The van der Waals surface area contributed by atoms with E-state index in [1.807, 2.05) is 6.92 Å². The molecular formula is C39H75NO7Si. The third-order valence-corrected chi connectivity index (χ3v) is 14.5. The minimum atomic E-state index is -2.12. The molecule has 1 amide bonds. The Labute approximate surface area is 296 Å². The molecule has 0 saturated carbocycles. The highest BCUT2D eigenvalue weighted by atomic mass is 28.4. The molecular weight excluding hydrogens is 623 g/mol. The van der Waals surface area contributed by atoms with E-state index in [1.165, 1.54) is 76.9 Å². The largest absolute Gasteiger partial charge is 0.471 e. The van der Waals surface area contributed by atoms with Crippen LogP contribution in [0.25, 0.3) is 0 Å². The summed E-state index contributed by atoms with van der Waals surface area (Å²) in [5, 5.41) is 14.6. The van der Waals surface area contributed by atoms with Crippen LogP contribution < -0.4 is 5.32 Å². The molecule has 1 aliphatic rings. The Morgan fingerprint density at radius 1 is 0.833 bits per heavy atom. The molecule has 1 rings (SSSR count). The maximum absolute atomic E-state index is 13.2. The van der Waals surface area contributed by atoms with Crippen LogP contribution in [0.4, 0.5) is 0 Å². The van der Waals surface area contributed by atoms with Gasteiger partial charge < -0.3 is 29.1 Å². The van der Waals surface area contributed by atoms with Gasteiger partial charge in [-0.1, -0.05) is 137 Å². The number of aliphatic hydroxyl groups is 1. The first-order valence-corrected chi connectivity index (χ1v) is 22.5. The van der Waals surface area contributed by atoms with Gasteiger partial charge in [-0.3, -0.25) is 9.59 Å². The van der Waals surface area contributed by atoms with Crippen LogP contribution in [0.15, 0.2) is 12.3 Å². The Morgan fingerprint density at radius 2 is 1.35 bits per heavy atom. The van der Waals surface area contributed by atoms with Gasteiger partial charge in [-0.25, -0.2) is 0 Å². The maximum atomic E-state index is 13.2. The van der Waals surface area contributed by atoms with Crippen LogP contribution in [0.1, 0.15) is 164 Å². The van der Waals surface area contributed by atoms with E-state index in [9.17, 15) is 14.7 Å². The summed E-state index contributed by atoms with van der Waals surface area (Å²) in [5.74, 6) is -0.474. The number of Topliss-reactive ketones (excluding diaryl/α,β-unsaturated/α-hetero) is 1. The van der Waals surface area contributed by atoms with Gasteiger partial charge >= 0.3 is 0 Å². The Balaban J connectivity index is 2.85. The first-order valence-electron chi connectivity index (χ1n) is 19.5. The minimum absolute atomic E-state index is 0.00277. The fourth-order valence-corrected chi connectivity index (χ4v) is 6.79. The quantitative estimate of drug-likeness (QED) is 0.0363. The lowest BCUT2D eigenvalue weighted by Crippen LogP contribution is -2.66. The Hall–Kier alpha value is -1.26. The number of aliphatic hydroxyl groups excluding tert-OH is 1. The molecule has 0 aromatic carbocycles. The van der Waals surface area contributed by atoms with Crippen molar-refractivity contribution in [2.45, 2.75) is 212 Å². The number of carbonyl (C=O) groups is 2. The number of unbranched alkanes of at least 4 members (excludes halogenated alkanes) is 15. The highest BCUT2D eigenvalue weighted by Crippen LogP contribution is 2.37. The van der Waals surface area contributed by atoms with Crippen LogP contribution in [-0.2, 0) is 28.2 Å². The molecule has 1 saturated heterocycles. The van der Waals surface area contributed by atoms with Gasteiger partial charge in [0.25, 0.3) is 0 Å². The van der Waals surface area contributed by atoms with Gasteiger partial charge in [-0.2, -0.15) is 0 Å². The molecule has 282 valence electrons. The number of rotatable bonds is 28. The van der Waals surface area contributed by atoms with E-state index in [-0.39, 0.29) is 23.8 Å². The van der Waals surface area contributed by atoms with Gasteiger partial charge in [0, 0.05) is 13.0 Å². The molecule has 1 fully saturated rings. The summed E-state index contributed by atoms with van der Waals surface area (Å²) >= 11 is 0. The van der Waals surface area contributed by atoms with Crippen molar-refractivity contribution >= 4 is 20.0 Å². The standard InChI is InChI=1S/C39H75NO7Si/c1-9-12-14-16-18-20-21-23-25-27-32(41)30-34(42)40-35-37(44-29-26-24-22-19-17-15-13-10-2)36(43)33(47-38(35)45-28-11-3)31-46-48(7,8)39(4,5)6/h11,28,33,35-38,43H,9-10,12-27,29-31H2,1-8H3,(H,40,42)/b28-11-/t33-,35-,36-,37-,38+/m1/s1. The van der Waals surface area contributed by atoms with Gasteiger partial charge in [0.05, 0.1) is 19.3 Å². The zero-order chi connectivity index (χ0) is 35.8. The summed E-state index contributed by atoms with van der Waals surface area (Å²) in [5.41, 5.74) is 0. The van der Waals surface area contributed by atoms with E-state index >= 15 is 0 Å². The lowest BCUT2D eigenvalue weighted by Gasteiger charge is -2.45. The second-order valence-corrected chi connectivity index (χ2v) is 20.2. The number of allylic oxidation sites excluding steroid dienone is 1. The third kappa shape index (κ3) is 18.7. The second-order valence-electron chi connectivity index (χ2n) is 15.4. The first kappa shape index (κ1) is 44.8. The van der Waals surface area contributed by atoms with Crippen molar-refractivity contribution in [3.8, 4) is 0 Å². The molecule has 2 N–H and O–H groups in total.